The van der Waals surface area contributed by atoms with Crippen molar-refractivity contribution in [1.29, 1.82) is 5.41 Å². The fourth-order valence-corrected chi connectivity index (χ4v) is 4.67. The fourth-order valence-electron chi connectivity index (χ4n) is 4.67. The van der Waals surface area contributed by atoms with E-state index in [1.165, 1.54) is 18.4 Å². The Morgan fingerprint density at radius 1 is 1.44 bits per heavy atom. The lowest BCUT2D eigenvalue weighted by atomic mass is 9.89. The van der Waals surface area contributed by atoms with Crippen LogP contribution >= 0.6 is 0 Å². The summed E-state index contributed by atoms with van der Waals surface area (Å²) in [6, 6.07) is 1.67. The number of ether oxygens (including phenoxy) is 1. The molecule has 2 saturated heterocycles. The molecule has 4 aliphatic rings. The Hall–Kier alpha value is -2.75. The summed E-state index contributed by atoms with van der Waals surface area (Å²) in [5.74, 6) is -0.535. The second-order valence-corrected chi connectivity index (χ2v) is 7.09. The van der Waals surface area contributed by atoms with Crippen LogP contribution in [0.25, 0.3) is 0 Å². The third-order valence-electron chi connectivity index (χ3n) is 5.83. The Bertz CT molecular complexity index is 938. The summed E-state index contributed by atoms with van der Waals surface area (Å²) >= 11 is 0. The van der Waals surface area contributed by atoms with E-state index in [0.29, 0.717) is 23.5 Å². The Morgan fingerprint density at radius 3 is 2.93 bits per heavy atom. The smallest absolute Gasteiger partial charge is 0.167 e. The van der Waals surface area contributed by atoms with Crippen LogP contribution in [0.5, 0.6) is 11.5 Å². The van der Waals surface area contributed by atoms with Crippen LogP contribution in [0.15, 0.2) is 28.2 Å². The van der Waals surface area contributed by atoms with Gasteiger partial charge in [0.05, 0.1) is 36.2 Å². The highest BCUT2D eigenvalue weighted by molar-refractivity contribution is 6.40. The van der Waals surface area contributed by atoms with Crippen molar-refractivity contribution >= 4 is 29.1 Å². The number of nitrogens with one attached hydrogen (secondary N) is 2. The summed E-state index contributed by atoms with van der Waals surface area (Å²) < 4.78 is 5.86. The Morgan fingerprint density at radius 2 is 2.26 bits per heavy atom. The third-order valence-corrected chi connectivity index (χ3v) is 5.83. The monoisotopic (exact) mass is 369 g/mol. The number of nitrogens with zero attached hydrogens (tertiary/aromatic N) is 3. The van der Waals surface area contributed by atoms with E-state index in [1.54, 1.807) is 13.2 Å². The van der Waals surface area contributed by atoms with Gasteiger partial charge in [0.2, 0.25) is 0 Å². The molecule has 0 aliphatic carbocycles. The van der Waals surface area contributed by atoms with E-state index >= 15 is 0 Å². The van der Waals surface area contributed by atoms with Crippen LogP contribution < -0.4 is 10.2 Å². The standard InChI is InChI=1S/C18H19N5O4/c1-27-18-9(7-24)14-15(23(18)6-11-17(18)22-11)12(25)4-10(16(14)26)21-8-2-3-13(19)20-5-8/h2-5,9,11,17,19,22,24-26H,6-7H2,1H3. The van der Waals surface area contributed by atoms with E-state index in [0.717, 1.165) is 0 Å². The molecule has 9 nitrogen and oxygen atoms in total. The molecule has 0 spiro atoms. The molecule has 4 heterocycles. The maximum atomic E-state index is 10.9. The molecule has 0 amide bonds. The average Bonchev–Trinajstić information content (AvgIpc) is 3.26. The van der Waals surface area contributed by atoms with E-state index < -0.39 is 11.6 Å². The third kappa shape index (κ3) is 2.01. The van der Waals surface area contributed by atoms with Gasteiger partial charge in [0.15, 0.2) is 5.72 Å². The van der Waals surface area contributed by atoms with Gasteiger partial charge in [-0.2, -0.15) is 0 Å². The number of hydrogen-bond acceptors (Lipinski definition) is 8. The summed E-state index contributed by atoms with van der Waals surface area (Å²) in [6.45, 7) is 0.383. The van der Waals surface area contributed by atoms with Gasteiger partial charge in [-0.3, -0.25) is 5.41 Å². The molecule has 0 saturated carbocycles. The number of benzene rings is 1. The number of amidine groups is 1. The zero-order valence-electron chi connectivity index (χ0n) is 14.5. The number of aliphatic hydroxyl groups excluding tert-OH is 1. The summed E-state index contributed by atoms with van der Waals surface area (Å²) in [6.07, 6.45) is 4.52. The first-order valence-electron chi connectivity index (χ1n) is 8.69. The maximum absolute atomic E-state index is 10.9. The van der Waals surface area contributed by atoms with Crippen molar-refractivity contribution in [2.75, 3.05) is 25.2 Å². The molecule has 27 heavy (non-hydrogen) atoms. The summed E-state index contributed by atoms with van der Waals surface area (Å²) in [5.41, 5.74) is 0.711. The van der Waals surface area contributed by atoms with Crippen LogP contribution in [0.2, 0.25) is 0 Å². The minimum absolute atomic E-state index is 0.0229. The highest BCUT2D eigenvalue weighted by Crippen LogP contribution is 2.62. The molecule has 0 bridgehead atoms. The lowest BCUT2D eigenvalue weighted by Crippen LogP contribution is -2.54. The van der Waals surface area contributed by atoms with Crippen molar-refractivity contribution in [3.8, 4) is 11.5 Å². The van der Waals surface area contributed by atoms with E-state index in [-0.39, 0.29) is 41.7 Å². The molecule has 0 radical (unpaired) electrons. The number of dihydropyridines is 1. The molecular formula is C18H19N5O4. The Labute approximate surface area is 154 Å². The van der Waals surface area contributed by atoms with Gasteiger partial charge in [-0.15, -0.1) is 0 Å². The van der Waals surface area contributed by atoms with Crippen molar-refractivity contribution in [2.45, 2.75) is 23.7 Å². The number of hydrogen-bond donors (Lipinski definition) is 5. The zero-order valence-corrected chi connectivity index (χ0v) is 14.5. The van der Waals surface area contributed by atoms with Crippen LogP contribution in [0.4, 0.5) is 11.4 Å². The summed E-state index contributed by atoms with van der Waals surface area (Å²) in [4.78, 5) is 10.2. The van der Waals surface area contributed by atoms with Crippen molar-refractivity contribution in [1.82, 2.24) is 5.32 Å². The van der Waals surface area contributed by atoms with Crippen LogP contribution in [0.3, 0.4) is 0 Å². The molecule has 2 fully saturated rings. The van der Waals surface area contributed by atoms with Crippen LogP contribution in [0, 0.1) is 5.41 Å². The normalized spacial score (nSPS) is 34.1. The predicted octanol–water partition coefficient (Wildman–Crippen LogP) is 0.381. The van der Waals surface area contributed by atoms with Crippen LogP contribution in [0.1, 0.15) is 11.5 Å². The quantitative estimate of drug-likeness (QED) is 0.385. The van der Waals surface area contributed by atoms with Crippen molar-refractivity contribution < 1.29 is 20.1 Å². The minimum Gasteiger partial charge on any atom is -0.506 e. The average molecular weight is 369 g/mol. The molecule has 4 atom stereocenters. The maximum Gasteiger partial charge on any atom is 0.167 e. The molecule has 1 aromatic rings. The van der Waals surface area contributed by atoms with Gasteiger partial charge >= 0.3 is 0 Å². The molecule has 9 heteroatoms. The Balaban J connectivity index is 1.66. The van der Waals surface area contributed by atoms with Gasteiger partial charge in [0, 0.05) is 31.3 Å². The predicted molar refractivity (Wildman–Crippen MR) is 99.8 cm³/mol. The molecule has 4 aliphatic heterocycles. The number of phenolic OH excluding ortho intramolecular Hbond substituents is 2. The number of aliphatic imine (C=N–C) groups is 2. The SMILES string of the molecule is COC12C(CO)c3c(O)c(N=C4C=CC(=N)N=C4)cc(O)c3N1CC1NC12. The minimum atomic E-state index is -0.843. The Kier molecular flexibility index (Phi) is 3.27. The number of phenols is 2. The number of aromatic hydroxyl groups is 2. The van der Waals surface area contributed by atoms with E-state index in [1.807, 2.05) is 4.90 Å². The molecular weight excluding hydrogens is 350 g/mol. The molecule has 1 aromatic carbocycles. The lowest BCUT2D eigenvalue weighted by Gasteiger charge is -2.38. The fraction of sp³-hybridized carbons (Fsp3) is 0.389. The molecule has 5 rings (SSSR count). The number of aliphatic hydroxyl groups is 1. The van der Waals surface area contributed by atoms with Gasteiger partial charge in [0.1, 0.15) is 23.0 Å². The summed E-state index contributed by atoms with van der Waals surface area (Å²) in [5, 5.41) is 42.6. The first-order valence-corrected chi connectivity index (χ1v) is 8.69. The van der Waals surface area contributed by atoms with E-state index in [4.69, 9.17) is 10.1 Å². The lowest BCUT2D eigenvalue weighted by molar-refractivity contribution is -0.0324. The van der Waals surface area contributed by atoms with Gasteiger partial charge in [-0.05, 0) is 12.2 Å². The molecule has 4 unspecified atom stereocenters. The number of allylic oxidation sites excluding steroid dienone is 1. The number of anilines is 1. The van der Waals surface area contributed by atoms with Crippen LogP contribution in [-0.4, -0.2) is 71.2 Å². The second-order valence-electron chi connectivity index (χ2n) is 7.09. The van der Waals surface area contributed by atoms with Gasteiger partial charge in [-0.25, -0.2) is 9.98 Å². The van der Waals surface area contributed by atoms with Crippen molar-refractivity contribution in [2.24, 2.45) is 9.98 Å². The van der Waals surface area contributed by atoms with Crippen LogP contribution in [-0.2, 0) is 4.74 Å². The largest absolute Gasteiger partial charge is 0.506 e. The number of fused-ring (bicyclic) bond motifs is 5. The van der Waals surface area contributed by atoms with E-state index in [2.05, 4.69) is 15.3 Å². The van der Waals surface area contributed by atoms with E-state index in [9.17, 15) is 15.3 Å². The van der Waals surface area contributed by atoms with Crippen molar-refractivity contribution in [3.05, 3.63) is 23.8 Å². The highest BCUT2D eigenvalue weighted by atomic mass is 16.5. The number of rotatable bonds is 3. The van der Waals surface area contributed by atoms with Gasteiger partial charge in [0.25, 0.3) is 0 Å². The first kappa shape index (κ1) is 16.4. The number of methoxy groups -OCH3 is 1. The zero-order chi connectivity index (χ0) is 18.9. The molecule has 0 aromatic heterocycles. The molecule has 140 valence electrons. The second kappa shape index (κ2) is 5.38. The van der Waals surface area contributed by atoms with Gasteiger partial charge in [-0.1, -0.05) is 0 Å². The van der Waals surface area contributed by atoms with Gasteiger partial charge < -0.3 is 30.3 Å². The first-order chi connectivity index (χ1) is 13.0. The topological polar surface area (TPSA) is 144 Å². The highest BCUT2D eigenvalue weighted by Gasteiger charge is 2.70. The molecule has 5 N–H and O–H groups in total. The summed E-state index contributed by atoms with van der Waals surface area (Å²) in [7, 11) is 1.58. The van der Waals surface area contributed by atoms with Crippen molar-refractivity contribution in [3.63, 3.8) is 0 Å². The number of piperazine rings is 1.